The average molecular weight is 234 g/mol. The van der Waals surface area contributed by atoms with Crippen LogP contribution in [0.1, 0.15) is 32.3 Å². The molecule has 0 radical (unpaired) electrons. The highest BCUT2D eigenvalue weighted by atomic mass is 16.7. The quantitative estimate of drug-likeness (QED) is 0.502. The molecule has 0 fully saturated rings. The number of unbranched alkanes of at least 4 members (excludes halogenated alkanes) is 1. The molecule has 0 aliphatic carbocycles. The number of benzene rings is 1. The van der Waals surface area contributed by atoms with E-state index >= 15 is 0 Å². The molecular weight excluding hydrogens is 212 g/mol. The summed E-state index contributed by atoms with van der Waals surface area (Å²) in [5.74, 6) is 0. The van der Waals surface area contributed by atoms with Gasteiger partial charge in [-0.1, -0.05) is 55.8 Å². The molecule has 0 saturated carbocycles. The van der Waals surface area contributed by atoms with Crippen LogP contribution in [0.4, 0.5) is 0 Å². The lowest BCUT2D eigenvalue weighted by Crippen LogP contribution is -2.13. The van der Waals surface area contributed by atoms with Crippen LogP contribution in [0.2, 0.25) is 0 Å². The molecule has 0 saturated heterocycles. The first kappa shape index (κ1) is 13.9. The molecule has 1 atom stereocenters. The van der Waals surface area contributed by atoms with Crippen LogP contribution in [0.25, 0.3) is 6.08 Å². The van der Waals surface area contributed by atoms with Gasteiger partial charge in [0.05, 0.1) is 6.61 Å². The predicted octanol–water partition coefficient (Wildman–Crippen LogP) is 3.88. The Labute approximate surface area is 104 Å². The zero-order valence-electron chi connectivity index (χ0n) is 10.8. The van der Waals surface area contributed by atoms with Gasteiger partial charge >= 0.3 is 0 Å². The Morgan fingerprint density at radius 3 is 2.65 bits per heavy atom. The van der Waals surface area contributed by atoms with E-state index in [1.54, 1.807) is 0 Å². The van der Waals surface area contributed by atoms with Crippen molar-refractivity contribution in [1.29, 1.82) is 0 Å². The molecule has 1 rings (SSSR count). The smallest absolute Gasteiger partial charge is 0.155 e. The van der Waals surface area contributed by atoms with E-state index in [9.17, 15) is 0 Å². The maximum Gasteiger partial charge on any atom is 0.155 e. The highest BCUT2D eigenvalue weighted by Gasteiger charge is 1.98. The Morgan fingerprint density at radius 1 is 1.18 bits per heavy atom. The Morgan fingerprint density at radius 2 is 1.94 bits per heavy atom. The van der Waals surface area contributed by atoms with E-state index in [1.165, 1.54) is 5.56 Å². The zero-order chi connectivity index (χ0) is 12.3. The van der Waals surface area contributed by atoms with Crippen molar-refractivity contribution >= 4 is 6.08 Å². The standard InChI is InChI=1S/C15H22O2/c1-3-4-12-16-14(2)17-13-8-11-15-9-6-5-7-10-15/h5-11,14H,3-4,12-13H2,1-2H3/b11-8+/t14-/m1/s1. The first-order valence-corrected chi connectivity index (χ1v) is 6.27. The normalized spacial score (nSPS) is 13.1. The Kier molecular flexibility index (Phi) is 7.35. The summed E-state index contributed by atoms with van der Waals surface area (Å²) < 4.78 is 11.0. The molecule has 0 aliphatic rings. The summed E-state index contributed by atoms with van der Waals surface area (Å²) in [6.07, 6.45) is 6.18. The van der Waals surface area contributed by atoms with Gasteiger partial charge in [-0.15, -0.1) is 0 Å². The minimum absolute atomic E-state index is 0.123. The molecule has 0 unspecified atom stereocenters. The van der Waals surface area contributed by atoms with Crippen molar-refractivity contribution in [1.82, 2.24) is 0 Å². The summed E-state index contributed by atoms with van der Waals surface area (Å²) in [4.78, 5) is 0. The minimum Gasteiger partial charge on any atom is -0.353 e. The van der Waals surface area contributed by atoms with E-state index in [4.69, 9.17) is 9.47 Å². The molecule has 1 aromatic carbocycles. The van der Waals surface area contributed by atoms with Crippen molar-refractivity contribution in [3.8, 4) is 0 Å². The minimum atomic E-state index is -0.123. The van der Waals surface area contributed by atoms with Gasteiger partial charge < -0.3 is 9.47 Å². The third-order valence-corrected chi connectivity index (χ3v) is 2.39. The Balaban J connectivity index is 2.12. The van der Waals surface area contributed by atoms with Gasteiger partial charge in [0, 0.05) is 6.61 Å². The second-order valence-corrected chi connectivity index (χ2v) is 3.94. The van der Waals surface area contributed by atoms with Gasteiger partial charge in [-0.2, -0.15) is 0 Å². The van der Waals surface area contributed by atoms with E-state index < -0.39 is 0 Å². The fourth-order valence-electron chi connectivity index (χ4n) is 1.38. The monoisotopic (exact) mass is 234 g/mol. The van der Waals surface area contributed by atoms with Gasteiger partial charge in [-0.05, 0) is 18.9 Å². The van der Waals surface area contributed by atoms with E-state index in [-0.39, 0.29) is 6.29 Å². The topological polar surface area (TPSA) is 18.5 Å². The summed E-state index contributed by atoms with van der Waals surface area (Å²) in [7, 11) is 0. The van der Waals surface area contributed by atoms with Crippen LogP contribution in [0, 0.1) is 0 Å². The molecule has 17 heavy (non-hydrogen) atoms. The van der Waals surface area contributed by atoms with Gasteiger partial charge in [0.2, 0.25) is 0 Å². The van der Waals surface area contributed by atoms with Crippen LogP contribution in [0.15, 0.2) is 36.4 Å². The van der Waals surface area contributed by atoms with Crippen molar-refractivity contribution in [2.75, 3.05) is 13.2 Å². The molecule has 2 heteroatoms. The highest BCUT2D eigenvalue weighted by molar-refractivity contribution is 5.48. The van der Waals surface area contributed by atoms with Crippen molar-refractivity contribution in [3.05, 3.63) is 42.0 Å². The van der Waals surface area contributed by atoms with Crippen LogP contribution in [0.5, 0.6) is 0 Å². The van der Waals surface area contributed by atoms with Crippen LogP contribution in [-0.2, 0) is 9.47 Å². The van der Waals surface area contributed by atoms with Crippen molar-refractivity contribution < 1.29 is 9.47 Å². The number of ether oxygens (including phenoxy) is 2. The summed E-state index contributed by atoms with van der Waals surface area (Å²) in [5.41, 5.74) is 1.19. The van der Waals surface area contributed by atoms with Crippen molar-refractivity contribution in [2.45, 2.75) is 33.0 Å². The van der Waals surface area contributed by atoms with E-state index in [2.05, 4.69) is 25.1 Å². The molecule has 0 N–H and O–H groups in total. The molecule has 0 aromatic heterocycles. The molecule has 1 aromatic rings. The largest absolute Gasteiger partial charge is 0.353 e. The van der Waals surface area contributed by atoms with Gasteiger partial charge in [-0.25, -0.2) is 0 Å². The highest BCUT2D eigenvalue weighted by Crippen LogP contribution is 2.02. The van der Waals surface area contributed by atoms with Gasteiger partial charge in [0.15, 0.2) is 6.29 Å². The second-order valence-electron chi connectivity index (χ2n) is 3.94. The number of hydrogen-bond acceptors (Lipinski definition) is 2. The van der Waals surface area contributed by atoms with Gasteiger partial charge in [0.25, 0.3) is 0 Å². The molecule has 0 aliphatic heterocycles. The van der Waals surface area contributed by atoms with Gasteiger partial charge in [0.1, 0.15) is 0 Å². The number of hydrogen-bond donors (Lipinski definition) is 0. The SMILES string of the molecule is CCCCO[C@@H](C)OC/C=C/c1ccccc1. The molecule has 94 valence electrons. The molecule has 0 bridgehead atoms. The summed E-state index contributed by atoms with van der Waals surface area (Å²) >= 11 is 0. The van der Waals surface area contributed by atoms with Crippen molar-refractivity contribution in [3.63, 3.8) is 0 Å². The van der Waals surface area contributed by atoms with E-state index in [0.29, 0.717) is 6.61 Å². The number of rotatable bonds is 8. The van der Waals surface area contributed by atoms with Crippen LogP contribution in [0.3, 0.4) is 0 Å². The lowest BCUT2D eigenvalue weighted by molar-refractivity contribution is -0.122. The van der Waals surface area contributed by atoms with Crippen molar-refractivity contribution in [2.24, 2.45) is 0 Å². The molecule has 2 nitrogen and oxygen atoms in total. The Bertz CT molecular complexity index is 306. The molecule has 0 amide bonds. The van der Waals surface area contributed by atoms with Crippen LogP contribution >= 0.6 is 0 Å². The maximum atomic E-state index is 5.50. The fourth-order valence-corrected chi connectivity index (χ4v) is 1.38. The van der Waals surface area contributed by atoms with Gasteiger partial charge in [-0.3, -0.25) is 0 Å². The summed E-state index contributed by atoms with van der Waals surface area (Å²) in [6, 6.07) is 10.2. The zero-order valence-corrected chi connectivity index (χ0v) is 10.8. The van der Waals surface area contributed by atoms with Crippen LogP contribution < -0.4 is 0 Å². The lowest BCUT2D eigenvalue weighted by Gasteiger charge is -2.12. The van der Waals surface area contributed by atoms with E-state index in [0.717, 1.165) is 19.4 Å². The molecule has 0 heterocycles. The first-order valence-electron chi connectivity index (χ1n) is 6.27. The van der Waals surface area contributed by atoms with Crippen LogP contribution in [-0.4, -0.2) is 19.5 Å². The van der Waals surface area contributed by atoms with E-state index in [1.807, 2.05) is 31.2 Å². The summed E-state index contributed by atoms with van der Waals surface area (Å²) in [6.45, 7) is 5.45. The third kappa shape index (κ3) is 6.93. The lowest BCUT2D eigenvalue weighted by atomic mass is 10.2. The summed E-state index contributed by atoms with van der Waals surface area (Å²) in [5, 5.41) is 0. The third-order valence-electron chi connectivity index (χ3n) is 2.39. The fraction of sp³-hybridized carbons (Fsp3) is 0.467. The first-order chi connectivity index (χ1) is 8.33. The Hall–Kier alpha value is -1.12. The average Bonchev–Trinajstić information content (AvgIpc) is 2.36. The maximum absolute atomic E-state index is 5.50. The predicted molar refractivity (Wildman–Crippen MR) is 71.8 cm³/mol. The second kappa shape index (κ2) is 8.97. The molecule has 0 spiro atoms. The molecular formula is C15H22O2.